The molecule has 26 heavy (non-hydrogen) atoms. The van der Waals surface area contributed by atoms with Gasteiger partial charge in [-0.2, -0.15) is 5.10 Å². The normalized spacial score (nSPS) is 18.3. The molecule has 0 unspecified atom stereocenters. The maximum absolute atomic E-state index is 14.3. The third kappa shape index (κ3) is 3.49. The summed E-state index contributed by atoms with van der Waals surface area (Å²) in [5.41, 5.74) is 0.713. The van der Waals surface area contributed by atoms with Crippen LogP contribution in [0.4, 0.5) is 4.39 Å². The summed E-state index contributed by atoms with van der Waals surface area (Å²) in [6, 6.07) is 5.18. The number of nitrogens with zero attached hydrogens (tertiary/aromatic N) is 3. The second kappa shape index (κ2) is 7.16. The number of hydrogen-bond acceptors (Lipinski definition) is 4. The van der Waals surface area contributed by atoms with Crippen LogP contribution in [-0.2, 0) is 10.0 Å². The first-order valence-corrected chi connectivity index (χ1v) is 9.75. The number of nitrogens with one attached hydrogen (secondary N) is 1. The largest absolute Gasteiger partial charge is 0.338 e. The van der Waals surface area contributed by atoms with Gasteiger partial charge in [0.25, 0.3) is 5.91 Å². The van der Waals surface area contributed by atoms with E-state index in [1.54, 1.807) is 11.1 Å². The van der Waals surface area contributed by atoms with E-state index in [1.807, 2.05) is 6.07 Å². The third-order valence-corrected chi connectivity index (χ3v) is 6.43. The minimum atomic E-state index is -3.74. The smallest absolute Gasteiger partial charge is 0.256 e. The quantitative estimate of drug-likeness (QED) is 0.877. The van der Waals surface area contributed by atoms with Gasteiger partial charge >= 0.3 is 0 Å². The summed E-state index contributed by atoms with van der Waals surface area (Å²) in [4.78, 5) is 14.3. The fraction of sp³-hybridized carbons (Fsp3) is 0.412. The van der Waals surface area contributed by atoms with Crippen LogP contribution in [0.1, 0.15) is 34.8 Å². The van der Waals surface area contributed by atoms with Gasteiger partial charge in [-0.15, -0.1) is 0 Å². The highest BCUT2D eigenvalue weighted by atomic mass is 32.2. The van der Waals surface area contributed by atoms with Crippen molar-refractivity contribution >= 4 is 15.9 Å². The molecule has 1 aliphatic heterocycles. The van der Waals surface area contributed by atoms with E-state index in [4.69, 9.17) is 0 Å². The Balaban J connectivity index is 1.87. The fourth-order valence-corrected chi connectivity index (χ4v) is 4.05. The molecular formula is C17H21FN4O3S. The van der Waals surface area contributed by atoms with Gasteiger partial charge in [0.05, 0.1) is 10.5 Å². The van der Waals surface area contributed by atoms with Gasteiger partial charge in [-0.1, -0.05) is 0 Å². The number of rotatable bonds is 4. The van der Waals surface area contributed by atoms with Crippen LogP contribution < -0.4 is 0 Å². The van der Waals surface area contributed by atoms with Crippen LogP contribution in [-0.4, -0.2) is 60.9 Å². The van der Waals surface area contributed by atoms with Gasteiger partial charge < -0.3 is 4.90 Å². The van der Waals surface area contributed by atoms with Gasteiger partial charge in [0.1, 0.15) is 5.82 Å². The molecule has 1 saturated heterocycles. The molecular weight excluding hydrogens is 359 g/mol. The number of amides is 1. The minimum absolute atomic E-state index is 0.102. The van der Waals surface area contributed by atoms with Crippen molar-refractivity contribution in [2.75, 3.05) is 27.2 Å². The Hall–Kier alpha value is -2.26. The van der Waals surface area contributed by atoms with Crippen molar-refractivity contribution in [3.63, 3.8) is 0 Å². The van der Waals surface area contributed by atoms with Gasteiger partial charge in [-0.05, 0) is 37.1 Å². The first-order valence-electron chi connectivity index (χ1n) is 8.31. The van der Waals surface area contributed by atoms with Crippen LogP contribution >= 0.6 is 0 Å². The maximum atomic E-state index is 14.3. The lowest BCUT2D eigenvalue weighted by Crippen LogP contribution is -2.39. The minimum Gasteiger partial charge on any atom is -0.338 e. The molecule has 0 spiro atoms. The molecule has 1 aliphatic rings. The van der Waals surface area contributed by atoms with Gasteiger partial charge in [0.15, 0.2) is 0 Å². The van der Waals surface area contributed by atoms with E-state index in [0.29, 0.717) is 13.1 Å². The molecule has 1 atom stereocenters. The molecule has 1 fully saturated rings. The van der Waals surface area contributed by atoms with Gasteiger partial charge in [0.2, 0.25) is 10.0 Å². The Labute approximate surface area is 151 Å². The van der Waals surface area contributed by atoms with E-state index < -0.39 is 21.7 Å². The molecule has 1 N–H and O–H groups in total. The van der Waals surface area contributed by atoms with E-state index in [-0.39, 0.29) is 16.4 Å². The number of aromatic amines is 1. The highest BCUT2D eigenvalue weighted by Gasteiger charge is 2.29. The lowest BCUT2D eigenvalue weighted by Gasteiger charge is -2.32. The summed E-state index contributed by atoms with van der Waals surface area (Å²) in [7, 11) is -0.967. The molecule has 0 saturated carbocycles. The zero-order valence-electron chi connectivity index (χ0n) is 14.6. The number of carbonyl (C=O) groups is 1. The topological polar surface area (TPSA) is 86.4 Å². The molecule has 1 aromatic carbocycles. The highest BCUT2D eigenvalue weighted by molar-refractivity contribution is 7.89. The van der Waals surface area contributed by atoms with Crippen molar-refractivity contribution in [1.82, 2.24) is 19.4 Å². The standard InChI is InChI=1S/C17H21FN4O3S/c1-21(2)26(24,25)13-5-6-15(18)14(10-13)17(23)22-9-3-4-12(11-22)16-7-8-19-20-16/h5-8,10,12H,3-4,9,11H2,1-2H3,(H,19,20)/t12-/m1/s1. The van der Waals surface area contributed by atoms with E-state index in [1.165, 1.54) is 20.2 Å². The second-order valence-electron chi connectivity index (χ2n) is 6.53. The Bertz CT molecular complexity index is 897. The number of halogens is 1. The summed E-state index contributed by atoms with van der Waals surface area (Å²) in [6.45, 7) is 0.943. The summed E-state index contributed by atoms with van der Waals surface area (Å²) in [5, 5.41) is 6.85. The predicted molar refractivity (Wildman–Crippen MR) is 93.7 cm³/mol. The average Bonchev–Trinajstić information content (AvgIpc) is 3.16. The van der Waals surface area contributed by atoms with Gasteiger partial charge in [-0.3, -0.25) is 9.89 Å². The first kappa shape index (κ1) is 18.5. The maximum Gasteiger partial charge on any atom is 0.256 e. The average molecular weight is 380 g/mol. The van der Waals surface area contributed by atoms with Crippen molar-refractivity contribution < 1.29 is 17.6 Å². The zero-order chi connectivity index (χ0) is 18.9. The van der Waals surface area contributed by atoms with Crippen molar-refractivity contribution in [2.45, 2.75) is 23.7 Å². The molecule has 9 heteroatoms. The lowest BCUT2D eigenvalue weighted by molar-refractivity contribution is 0.0701. The van der Waals surface area contributed by atoms with Crippen LogP contribution in [0, 0.1) is 5.82 Å². The number of carbonyl (C=O) groups excluding carboxylic acids is 1. The lowest BCUT2D eigenvalue weighted by atomic mass is 9.94. The fourth-order valence-electron chi connectivity index (χ4n) is 3.12. The zero-order valence-corrected chi connectivity index (χ0v) is 15.5. The van der Waals surface area contributed by atoms with E-state index in [0.717, 1.165) is 35.0 Å². The summed E-state index contributed by atoms with van der Waals surface area (Å²) < 4.78 is 39.8. The molecule has 0 bridgehead atoms. The Morgan fingerprint density at radius 3 is 2.77 bits per heavy atom. The number of H-pyrrole nitrogens is 1. The van der Waals surface area contributed by atoms with Crippen molar-refractivity contribution in [2.24, 2.45) is 0 Å². The molecule has 1 amide bonds. The number of benzene rings is 1. The molecule has 1 aromatic heterocycles. The third-order valence-electron chi connectivity index (χ3n) is 4.62. The van der Waals surface area contributed by atoms with E-state index in [2.05, 4.69) is 10.2 Å². The molecule has 0 aliphatic carbocycles. The van der Waals surface area contributed by atoms with Gasteiger partial charge in [0, 0.05) is 45.0 Å². The number of piperidine rings is 1. The van der Waals surface area contributed by atoms with Crippen LogP contribution in [0.3, 0.4) is 0 Å². The van der Waals surface area contributed by atoms with Gasteiger partial charge in [-0.25, -0.2) is 17.1 Å². The summed E-state index contributed by atoms with van der Waals surface area (Å²) in [5.74, 6) is -1.12. The van der Waals surface area contributed by atoms with Crippen molar-refractivity contribution in [1.29, 1.82) is 0 Å². The molecule has 0 radical (unpaired) electrons. The number of sulfonamides is 1. The van der Waals surface area contributed by atoms with Crippen LogP contribution in [0.25, 0.3) is 0 Å². The molecule has 2 aromatic rings. The Morgan fingerprint density at radius 2 is 2.12 bits per heavy atom. The molecule has 3 rings (SSSR count). The second-order valence-corrected chi connectivity index (χ2v) is 8.68. The molecule has 2 heterocycles. The highest BCUT2D eigenvalue weighted by Crippen LogP contribution is 2.27. The number of hydrogen-bond donors (Lipinski definition) is 1. The van der Waals surface area contributed by atoms with Crippen LogP contribution in [0.5, 0.6) is 0 Å². The first-order chi connectivity index (χ1) is 12.3. The van der Waals surface area contributed by atoms with Crippen LogP contribution in [0.15, 0.2) is 35.4 Å². The predicted octanol–water partition coefficient (Wildman–Crippen LogP) is 1.82. The van der Waals surface area contributed by atoms with Crippen molar-refractivity contribution in [3.05, 3.63) is 47.5 Å². The van der Waals surface area contributed by atoms with Crippen LogP contribution in [0.2, 0.25) is 0 Å². The molecule has 140 valence electrons. The Morgan fingerprint density at radius 1 is 1.35 bits per heavy atom. The monoisotopic (exact) mass is 380 g/mol. The molecule has 7 nitrogen and oxygen atoms in total. The summed E-state index contributed by atoms with van der Waals surface area (Å²) >= 11 is 0. The van der Waals surface area contributed by atoms with Crippen molar-refractivity contribution in [3.8, 4) is 0 Å². The van der Waals surface area contributed by atoms with E-state index >= 15 is 0 Å². The summed E-state index contributed by atoms with van der Waals surface area (Å²) in [6.07, 6.45) is 3.35. The SMILES string of the molecule is CN(C)S(=O)(=O)c1ccc(F)c(C(=O)N2CCC[C@@H](c3ccn[nH]3)C2)c1. The number of likely N-dealkylation sites (tertiary alicyclic amines) is 1. The Kier molecular flexibility index (Phi) is 5.10. The number of aromatic nitrogens is 2. The van der Waals surface area contributed by atoms with E-state index in [9.17, 15) is 17.6 Å².